The van der Waals surface area contributed by atoms with Gasteiger partial charge in [0, 0.05) is 6.04 Å². The van der Waals surface area contributed by atoms with Crippen LogP contribution in [0.4, 0.5) is 0 Å². The van der Waals surface area contributed by atoms with Gasteiger partial charge in [0.05, 0.1) is 13.2 Å². The van der Waals surface area contributed by atoms with Crippen LogP contribution in [0.15, 0.2) is 18.2 Å². The van der Waals surface area contributed by atoms with Crippen molar-refractivity contribution in [2.24, 2.45) is 5.41 Å². The van der Waals surface area contributed by atoms with Gasteiger partial charge >= 0.3 is 0 Å². The molecule has 1 atom stereocenters. The van der Waals surface area contributed by atoms with E-state index < -0.39 is 0 Å². The standard InChI is InChI=1S/C16H25NO/c1-5-17-15(9-16(2,3)4)12-6-7-13-10-18-11-14(13)8-12/h6-8,15,17H,5,9-11H2,1-4H3. The molecule has 100 valence electrons. The minimum atomic E-state index is 0.336. The quantitative estimate of drug-likeness (QED) is 0.873. The topological polar surface area (TPSA) is 21.3 Å². The molecule has 0 saturated carbocycles. The Morgan fingerprint density at radius 2 is 1.94 bits per heavy atom. The summed E-state index contributed by atoms with van der Waals surface area (Å²) in [5.74, 6) is 0. The van der Waals surface area contributed by atoms with E-state index in [1.54, 1.807) is 0 Å². The van der Waals surface area contributed by atoms with Crippen molar-refractivity contribution in [3.05, 3.63) is 34.9 Å². The lowest BCUT2D eigenvalue weighted by molar-refractivity contribution is 0.134. The average molecular weight is 247 g/mol. The number of hydrogen-bond acceptors (Lipinski definition) is 2. The van der Waals surface area contributed by atoms with Gasteiger partial charge in [-0.2, -0.15) is 0 Å². The molecule has 2 rings (SSSR count). The van der Waals surface area contributed by atoms with Gasteiger partial charge in [0.15, 0.2) is 0 Å². The lowest BCUT2D eigenvalue weighted by Gasteiger charge is -2.27. The van der Waals surface area contributed by atoms with Crippen LogP contribution in [0, 0.1) is 5.41 Å². The summed E-state index contributed by atoms with van der Waals surface area (Å²) in [6.45, 7) is 11.6. The van der Waals surface area contributed by atoms with E-state index in [9.17, 15) is 0 Å². The van der Waals surface area contributed by atoms with Crippen LogP contribution < -0.4 is 5.32 Å². The maximum atomic E-state index is 5.49. The predicted octanol–water partition coefficient (Wildman–Crippen LogP) is 3.80. The van der Waals surface area contributed by atoms with Gasteiger partial charge in [0.25, 0.3) is 0 Å². The summed E-state index contributed by atoms with van der Waals surface area (Å²) in [5.41, 5.74) is 4.45. The summed E-state index contributed by atoms with van der Waals surface area (Å²) >= 11 is 0. The maximum absolute atomic E-state index is 5.49. The fraction of sp³-hybridized carbons (Fsp3) is 0.625. The SMILES string of the molecule is CCNC(CC(C)(C)C)c1ccc2c(c1)COC2. The van der Waals surface area contributed by atoms with Gasteiger partial charge < -0.3 is 10.1 Å². The number of hydrogen-bond donors (Lipinski definition) is 1. The second kappa shape index (κ2) is 5.41. The Kier molecular flexibility index (Phi) is 4.08. The van der Waals surface area contributed by atoms with E-state index in [-0.39, 0.29) is 0 Å². The van der Waals surface area contributed by atoms with E-state index >= 15 is 0 Å². The van der Waals surface area contributed by atoms with E-state index in [2.05, 4.69) is 51.2 Å². The molecule has 2 nitrogen and oxygen atoms in total. The summed E-state index contributed by atoms with van der Waals surface area (Å²) in [6.07, 6.45) is 1.15. The molecule has 0 bridgehead atoms. The van der Waals surface area contributed by atoms with Gasteiger partial charge in [-0.25, -0.2) is 0 Å². The Balaban J connectivity index is 2.20. The molecule has 1 aliphatic heterocycles. The van der Waals surface area contributed by atoms with E-state index in [4.69, 9.17) is 4.74 Å². The summed E-state index contributed by atoms with van der Waals surface area (Å²) in [5, 5.41) is 3.61. The first kappa shape index (κ1) is 13.6. The van der Waals surface area contributed by atoms with Crippen molar-refractivity contribution in [2.75, 3.05) is 6.54 Å². The van der Waals surface area contributed by atoms with E-state index in [0.717, 1.165) is 26.2 Å². The molecule has 2 heteroatoms. The summed E-state index contributed by atoms with van der Waals surface area (Å²) in [4.78, 5) is 0. The van der Waals surface area contributed by atoms with Crippen LogP contribution in [0.25, 0.3) is 0 Å². The molecule has 0 fully saturated rings. The summed E-state index contributed by atoms with van der Waals surface area (Å²) in [6, 6.07) is 7.25. The van der Waals surface area contributed by atoms with Crippen molar-refractivity contribution in [2.45, 2.75) is 53.4 Å². The molecule has 0 aromatic heterocycles. The molecule has 18 heavy (non-hydrogen) atoms. The fourth-order valence-electron chi connectivity index (χ4n) is 2.58. The summed E-state index contributed by atoms with van der Waals surface area (Å²) < 4.78 is 5.49. The third-order valence-electron chi connectivity index (χ3n) is 3.41. The van der Waals surface area contributed by atoms with Crippen molar-refractivity contribution in [3.63, 3.8) is 0 Å². The molecule has 0 spiro atoms. The van der Waals surface area contributed by atoms with Gasteiger partial charge in [-0.1, -0.05) is 45.9 Å². The van der Waals surface area contributed by atoms with Crippen molar-refractivity contribution < 1.29 is 4.74 Å². The van der Waals surface area contributed by atoms with Crippen LogP contribution >= 0.6 is 0 Å². The Hall–Kier alpha value is -0.860. The van der Waals surface area contributed by atoms with Gasteiger partial charge in [-0.05, 0) is 35.1 Å². The average Bonchev–Trinajstić information content (AvgIpc) is 2.73. The predicted molar refractivity (Wildman–Crippen MR) is 75.4 cm³/mol. The zero-order chi connectivity index (χ0) is 13.2. The second-order valence-electron chi connectivity index (χ2n) is 6.40. The van der Waals surface area contributed by atoms with Crippen molar-refractivity contribution in [1.82, 2.24) is 5.32 Å². The number of rotatable bonds is 4. The molecule has 1 heterocycles. The van der Waals surface area contributed by atoms with Crippen molar-refractivity contribution in [3.8, 4) is 0 Å². The molecule has 0 radical (unpaired) electrons. The smallest absolute Gasteiger partial charge is 0.0725 e. The van der Waals surface area contributed by atoms with Crippen LogP contribution in [-0.2, 0) is 18.0 Å². The van der Waals surface area contributed by atoms with E-state index in [1.807, 2.05) is 0 Å². The van der Waals surface area contributed by atoms with Crippen LogP contribution in [0.3, 0.4) is 0 Å². The highest BCUT2D eigenvalue weighted by atomic mass is 16.5. The highest BCUT2D eigenvalue weighted by molar-refractivity contribution is 5.34. The van der Waals surface area contributed by atoms with Crippen molar-refractivity contribution in [1.29, 1.82) is 0 Å². The van der Waals surface area contributed by atoms with Crippen LogP contribution in [-0.4, -0.2) is 6.54 Å². The molecule has 1 N–H and O–H groups in total. The molecule has 0 aliphatic carbocycles. The highest BCUT2D eigenvalue weighted by Gasteiger charge is 2.21. The first-order valence-electron chi connectivity index (χ1n) is 6.92. The highest BCUT2D eigenvalue weighted by Crippen LogP contribution is 2.31. The first-order chi connectivity index (χ1) is 8.49. The van der Waals surface area contributed by atoms with Gasteiger partial charge in [0.1, 0.15) is 0 Å². The van der Waals surface area contributed by atoms with E-state index in [0.29, 0.717) is 11.5 Å². The van der Waals surface area contributed by atoms with Gasteiger partial charge in [0.2, 0.25) is 0 Å². The minimum Gasteiger partial charge on any atom is -0.372 e. The molecule has 1 aliphatic rings. The number of ether oxygens (including phenoxy) is 1. The minimum absolute atomic E-state index is 0.336. The van der Waals surface area contributed by atoms with Gasteiger partial charge in [-0.15, -0.1) is 0 Å². The molecule has 1 aromatic rings. The fourth-order valence-corrected chi connectivity index (χ4v) is 2.58. The zero-order valence-electron chi connectivity index (χ0n) is 12.0. The number of fused-ring (bicyclic) bond motifs is 1. The lowest BCUT2D eigenvalue weighted by Crippen LogP contribution is -2.25. The number of nitrogens with one attached hydrogen (secondary N) is 1. The molecule has 1 aromatic carbocycles. The zero-order valence-corrected chi connectivity index (χ0v) is 12.0. The molecule has 1 unspecified atom stereocenters. The largest absolute Gasteiger partial charge is 0.372 e. The normalized spacial score (nSPS) is 16.7. The third kappa shape index (κ3) is 3.33. The summed E-state index contributed by atoms with van der Waals surface area (Å²) in [7, 11) is 0. The van der Waals surface area contributed by atoms with E-state index in [1.165, 1.54) is 16.7 Å². The first-order valence-corrected chi connectivity index (χ1v) is 6.92. The van der Waals surface area contributed by atoms with Crippen LogP contribution in [0.2, 0.25) is 0 Å². The van der Waals surface area contributed by atoms with Crippen LogP contribution in [0.1, 0.15) is 56.8 Å². The molecule has 0 amide bonds. The Labute approximate surface area is 111 Å². The second-order valence-corrected chi connectivity index (χ2v) is 6.40. The Morgan fingerprint density at radius 1 is 1.22 bits per heavy atom. The molecular weight excluding hydrogens is 222 g/mol. The van der Waals surface area contributed by atoms with Crippen LogP contribution in [0.5, 0.6) is 0 Å². The van der Waals surface area contributed by atoms with Gasteiger partial charge in [-0.3, -0.25) is 0 Å². The molecular formula is C16H25NO. The lowest BCUT2D eigenvalue weighted by atomic mass is 9.85. The third-order valence-corrected chi connectivity index (χ3v) is 3.41. The molecule has 0 saturated heterocycles. The maximum Gasteiger partial charge on any atom is 0.0725 e. The van der Waals surface area contributed by atoms with Crippen molar-refractivity contribution >= 4 is 0 Å². The Morgan fingerprint density at radius 3 is 2.61 bits per heavy atom. The Bertz CT molecular complexity index is 406. The monoisotopic (exact) mass is 247 g/mol. The number of benzene rings is 1.